The smallest absolute Gasteiger partial charge is 0.257 e. The number of benzene rings is 2. The van der Waals surface area contributed by atoms with E-state index in [9.17, 15) is 13.2 Å². The maximum Gasteiger partial charge on any atom is 0.257 e. The standard InChI is InChI=1S/C26H32N4O4S/c1-17(2)23(29-35(32,33)22-11-7-19(4)8-12-22)26(31)30-15-13-20(14-16-30)24-27-25(34-28-24)21-9-5-18(3)6-10-21/h5-12,17,20,23,29H,13-16H2,1-4H3. The number of hydrogen-bond donors (Lipinski definition) is 1. The maximum atomic E-state index is 13.3. The SMILES string of the molecule is Cc1ccc(-c2nc(C3CCN(C(=O)C(NS(=O)(=O)c4ccc(C)cc4)C(C)C)CC3)no2)cc1. The molecule has 1 aliphatic heterocycles. The monoisotopic (exact) mass is 496 g/mol. The van der Waals surface area contributed by atoms with E-state index in [0.717, 1.165) is 16.7 Å². The minimum absolute atomic E-state index is 0.0868. The van der Waals surface area contributed by atoms with Gasteiger partial charge in [-0.05, 0) is 56.9 Å². The van der Waals surface area contributed by atoms with E-state index in [-0.39, 0.29) is 22.6 Å². The van der Waals surface area contributed by atoms with Gasteiger partial charge in [0.1, 0.15) is 6.04 Å². The van der Waals surface area contributed by atoms with Crippen molar-refractivity contribution in [1.82, 2.24) is 19.8 Å². The van der Waals surface area contributed by atoms with Gasteiger partial charge in [0.2, 0.25) is 15.9 Å². The van der Waals surface area contributed by atoms with E-state index in [1.807, 2.05) is 52.0 Å². The summed E-state index contributed by atoms with van der Waals surface area (Å²) in [5.41, 5.74) is 3.00. The fourth-order valence-electron chi connectivity index (χ4n) is 4.19. The maximum absolute atomic E-state index is 13.3. The summed E-state index contributed by atoms with van der Waals surface area (Å²) in [6, 6.07) is 13.7. The van der Waals surface area contributed by atoms with Crippen LogP contribution < -0.4 is 4.72 Å². The van der Waals surface area contributed by atoms with E-state index in [4.69, 9.17) is 4.52 Å². The molecule has 1 fully saturated rings. The van der Waals surface area contributed by atoms with E-state index in [0.29, 0.717) is 37.6 Å². The minimum Gasteiger partial charge on any atom is -0.341 e. The number of nitrogens with zero attached hydrogens (tertiary/aromatic N) is 3. The molecule has 2 heterocycles. The average molecular weight is 497 g/mol. The van der Waals surface area contributed by atoms with Crippen LogP contribution in [0, 0.1) is 19.8 Å². The summed E-state index contributed by atoms with van der Waals surface area (Å²) in [4.78, 5) is 19.8. The van der Waals surface area contributed by atoms with Crippen molar-refractivity contribution in [1.29, 1.82) is 0 Å². The van der Waals surface area contributed by atoms with E-state index in [1.165, 1.54) is 0 Å². The molecule has 1 N–H and O–H groups in total. The highest BCUT2D eigenvalue weighted by atomic mass is 32.2. The Morgan fingerprint density at radius 1 is 1.00 bits per heavy atom. The lowest BCUT2D eigenvalue weighted by Crippen LogP contribution is -2.52. The van der Waals surface area contributed by atoms with E-state index < -0.39 is 16.1 Å². The first-order chi connectivity index (χ1) is 16.6. The Morgan fingerprint density at radius 2 is 1.57 bits per heavy atom. The summed E-state index contributed by atoms with van der Waals surface area (Å²) < 4.78 is 33.9. The zero-order chi connectivity index (χ0) is 25.2. The molecule has 1 amide bonds. The lowest BCUT2D eigenvalue weighted by atomic mass is 9.94. The van der Waals surface area contributed by atoms with Gasteiger partial charge in [-0.3, -0.25) is 4.79 Å². The third kappa shape index (κ3) is 5.79. The van der Waals surface area contributed by atoms with Gasteiger partial charge in [-0.25, -0.2) is 8.42 Å². The lowest BCUT2D eigenvalue weighted by molar-refractivity contribution is -0.135. The van der Waals surface area contributed by atoms with Crippen LogP contribution in [0.4, 0.5) is 0 Å². The Morgan fingerprint density at radius 3 is 2.14 bits per heavy atom. The van der Waals surface area contributed by atoms with Crippen molar-refractivity contribution in [2.75, 3.05) is 13.1 Å². The van der Waals surface area contributed by atoms with Gasteiger partial charge in [0, 0.05) is 24.6 Å². The van der Waals surface area contributed by atoms with Crippen LogP contribution in [-0.4, -0.2) is 48.5 Å². The molecule has 2 aromatic carbocycles. The number of aromatic nitrogens is 2. The molecule has 0 aliphatic carbocycles. The second-order valence-electron chi connectivity index (χ2n) is 9.58. The van der Waals surface area contributed by atoms with Crippen LogP contribution >= 0.6 is 0 Å². The van der Waals surface area contributed by atoms with Gasteiger partial charge in [0.25, 0.3) is 5.89 Å². The highest BCUT2D eigenvalue weighted by Crippen LogP contribution is 2.29. The third-order valence-electron chi connectivity index (χ3n) is 6.46. The van der Waals surface area contributed by atoms with Crippen molar-refractivity contribution in [3.8, 4) is 11.5 Å². The third-order valence-corrected chi connectivity index (χ3v) is 7.92. The van der Waals surface area contributed by atoms with Crippen LogP contribution in [0.3, 0.4) is 0 Å². The van der Waals surface area contributed by atoms with Gasteiger partial charge in [-0.2, -0.15) is 9.71 Å². The molecule has 1 unspecified atom stereocenters. The molecule has 3 aromatic rings. The Labute approximate surface area is 206 Å². The number of rotatable bonds is 7. The molecule has 0 spiro atoms. The van der Waals surface area contributed by atoms with Crippen molar-refractivity contribution < 1.29 is 17.7 Å². The first-order valence-corrected chi connectivity index (χ1v) is 13.4. The van der Waals surface area contributed by atoms with Crippen molar-refractivity contribution >= 4 is 15.9 Å². The summed E-state index contributed by atoms with van der Waals surface area (Å²) in [7, 11) is -3.81. The summed E-state index contributed by atoms with van der Waals surface area (Å²) in [5, 5.41) is 4.18. The zero-order valence-corrected chi connectivity index (χ0v) is 21.4. The van der Waals surface area contributed by atoms with Crippen LogP contribution in [0.25, 0.3) is 11.5 Å². The molecule has 9 heteroatoms. The van der Waals surface area contributed by atoms with Gasteiger partial charge in [0.15, 0.2) is 5.82 Å². The van der Waals surface area contributed by atoms with Crippen LogP contribution in [0.15, 0.2) is 57.9 Å². The Kier molecular flexibility index (Phi) is 7.37. The number of hydrogen-bond acceptors (Lipinski definition) is 6. The minimum atomic E-state index is -3.81. The summed E-state index contributed by atoms with van der Waals surface area (Å²) >= 11 is 0. The average Bonchev–Trinajstić information content (AvgIpc) is 3.33. The number of piperidine rings is 1. The van der Waals surface area contributed by atoms with Gasteiger partial charge in [0.05, 0.1) is 4.90 Å². The number of sulfonamides is 1. The number of aryl methyl sites for hydroxylation is 2. The van der Waals surface area contributed by atoms with Gasteiger partial charge in [-0.15, -0.1) is 0 Å². The first kappa shape index (κ1) is 25.1. The topological polar surface area (TPSA) is 105 Å². The molecule has 1 aromatic heterocycles. The van der Waals surface area contributed by atoms with Crippen molar-refractivity contribution in [2.45, 2.75) is 57.4 Å². The largest absolute Gasteiger partial charge is 0.341 e. The highest BCUT2D eigenvalue weighted by molar-refractivity contribution is 7.89. The summed E-state index contributed by atoms with van der Waals surface area (Å²) in [6.45, 7) is 8.62. The van der Waals surface area contributed by atoms with Crippen LogP contribution in [0.1, 0.15) is 49.6 Å². The molecule has 186 valence electrons. The zero-order valence-electron chi connectivity index (χ0n) is 20.6. The fourth-order valence-corrected chi connectivity index (χ4v) is 5.53. The molecule has 8 nitrogen and oxygen atoms in total. The number of amides is 1. The normalized spacial score (nSPS) is 16.0. The van der Waals surface area contributed by atoms with Crippen LogP contribution in [-0.2, 0) is 14.8 Å². The molecule has 1 saturated heterocycles. The summed E-state index contributed by atoms with van der Waals surface area (Å²) in [5.74, 6) is 0.818. The Bertz CT molecular complexity index is 1260. The van der Waals surface area contributed by atoms with E-state index in [2.05, 4.69) is 14.9 Å². The molecular weight excluding hydrogens is 464 g/mol. The second kappa shape index (κ2) is 10.3. The van der Waals surface area contributed by atoms with Gasteiger partial charge in [-0.1, -0.05) is 54.4 Å². The Balaban J connectivity index is 1.40. The van der Waals surface area contributed by atoms with E-state index in [1.54, 1.807) is 29.2 Å². The van der Waals surface area contributed by atoms with E-state index >= 15 is 0 Å². The van der Waals surface area contributed by atoms with Gasteiger partial charge >= 0.3 is 0 Å². The molecule has 1 aliphatic rings. The highest BCUT2D eigenvalue weighted by Gasteiger charge is 2.34. The number of carbonyl (C=O) groups is 1. The molecule has 4 rings (SSSR count). The number of likely N-dealkylation sites (tertiary alicyclic amines) is 1. The van der Waals surface area contributed by atoms with Crippen molar-refractivity contribution in [2.24, 2.45) is 5.92 Å². The van der Waals surface area contributed by atoms with Crippen molar-refractivity contribution in [3.63, 3.8) is 0 Å². The molecule has 0 bridgehead atoms. The quantitative estimate of drug-likeness (QED) is 0.529. The van der Waals surface area contributed by atoms with Crippen molar-refractivity contribution in [3.05, 3.63) is 65.5 Å². The lowest BCUT2D eigenvalue weighted by Gasteiger charge is -2.34. The van der Waals surface area contributed by atoms with Crippen LogP contribution in [0.2, 0.25) is 0 Å². The number of nitrogens with one attached hydrogen (secondary N) is 1. The molecule has 1 atom stereocenters. The molecular formula is C26H32N4O4S. The fraction of sp³-hybridized carbons (Fsp3) is 0.423. The molecule has 0 saturated carbocycles. The number of carbonyl (C=O) groups excluding carboxylic acids is 1. The summed E-state index contributed by atoms with van der Waals surface area (Å²) in [6.07, 6.45) is 1.38. The second-order valence-corrected chi connectivity index (χ2v) is 11.3. The molecule has 0 radical (unpaired) electrons. The van der Waals surface area contributed by atoms with Gasteiger partial charge < -0.3 is 9.42 Å². The van der Waals surface area contributed by atoms with Crippen LogP contribution in [0.5, 0.6) is 0 Å². The first-order valence-electron chi connectivity index (χ1n) is 11.9. The predicted molar refractivity (Wildman–Crippen MR) is 133 cm³/mol. The Hall–Kier alpha value is -3.04. The predicted octanol–water partition coefficient (Wildman–Crippen LogP) is 4.06. The molecule has 35 heavy (non-hydrogen) atoms.